The quantitative estimate of drug-likeness (QED) is 0.627. The van der Waals surface area contributed by atoms with Gasteiger partial charge < -0.3 is 4.90 Å². The molecule has 86 valence electrons. The zero-order valence-corrected chi connectivity index (χ0v) is 12.4. The second-order valence-corrected chi connectivity index (χ2v) is 5.62. The summed E-state index contributed by atoms with van der Waals surface area (Å²) in [7, 11) is 2.24. The standard InChI is InChI=1S/C11H24BrNS/c1-5-11(6-2,9-12)10-13(3)7-8-14-4/h5-10H2,1-4H3. The van der Waals surface area contributed by atoms with Crippen molar-refractivity contribution in [2.24, 2.45) is 5.41 Å². The van der Waals surface area contributed by atoms with Gasteiger partial charge in [0.2, 0.25) is 0 Å². The van der Waals surface area contributed by atoms with Crippen LogP contribution < -0.4 is 0 Å². The third-order valence-corrected chi connectivity index (χ3v) is 4.85. The number of alkyl halides is 1. The molecule has 0 heterocycles. The van der Waals surface area contributed by atoms with E-state index in [4.69, 9.17) is 0 Å². The summed E-state index contributed by atoms with van der Waals surface area (Å²) in [6, 6.07) is 0. The molecule has 0 aromatic heterocycles. The second kappa shape index (κ2) is 8.00. The van der Waals surface area contributed by atoms with E-state index in [-0.39, 0.29) is 0 Å². The van der Waals surface area contributed by atoms with Crippen LogP contribution in [-0.4, -0.2) is 42.4 Å². The molecule has 0 fully saturated rings. The van der Waals surface area contributed by atoms with Crippen molar-refractivity contribution in [1.82, 2.24) is 4.90 Å². The molecule has 0 rings (SSSR count). The van der Waals surface area contributed by atoms with E-state index >= 15 is 0 Å². The first-order valence-corrected chi connectivity index (χ1v) is 7.89. The molecule has 0 saturated heterocycles. The van der Waals surface area contributed by atoms with E-state index < -0.39 is 0 Å². The molecule has 0 saturated carbocycles. The van der Waals surface area contributed by atoms with E-state index in [0.29, 0.717) is 5.41 Å². The highest BCUT2D eigenvalue weighted by atomic mass is 79.9. The van der Waals surface area contributed by atoms with E-state index in [1.807, 2.05) is 11.8 Å². The number of rotatable bonds is 8. The van der Waals surface area contributed by atoms with Gasteiger partial charge in [0.05, 0.1) is 0 Å². The van der Waals surface area contributed by atoms with Gasteiger partial charge in [-0.25, -0.2) is 0 Å². The molecule has 0 radical (unpaired) electrons. The van der Waals surface area contributed by atoms with E-state index in [1.165, 1.54) is 31.7 Å². The van der Waals surface area contributed by atoms with Crippen molar-refractivity contribution >= 4 is 27.7 Å². The average Bonchev–Trinajstić information content (AvgIpc) is 2.23. The largest absolute Gasteiger partial charge is 0.305 e. The predicted octanol–water partition coefficient (Wildman–Crippen LogP) is 3.48. The number of hydrogen-bond donors (Lipinski definition) is 0. The Hall–Kier alpha value is 0.790. The van der Waals surface area contributed by atoms with Gasteiger partial charge in [-0.2, -0.15) is 11.8 Å². The van der Waals surface area contributed by atoms with Gasteiger partial charge in [0, 0.05) is 24.2 Å². The number of hydrogen-bond acceptors (Lipinski definition) is 2. The van der Waals surface area contributed by atoms with Gasteiger partial charge in [-0.05, 0) is 31.6 Å². The minimum Gasteiger partial charge on any atom is -0.305 e. The summed E-state index contributed by atoms with van der Waals surface area (Å²) in [4.78, 5) is 2.46. The lowest BCUT2D eigenvalue weighted by Gasteiger charge is -2.34. The lowest BCUT2D eigenvalue weighted by Crippen LogP contribution is -2.37. The van der Waals surface area contributed by atoms with Crippen molar-refractivity contribution in [2.45, 2.75) is 26.7 Å². The predicted molar refractivity (Wildman–Crippen MR) is 72.7 cm³/mol. The molecule has 14 heavy (non-hydrogen) atoms. The summed E-state index contributed by atoms with van der Waals surface area (Å²) in [6.45, 7) is 7.02. The molecule has 0 spiro atoms. The fourth-order valence-corrected chi connectivity index (χ4v) is 3.07. The van der Waals surface area contributed by atoms with Gasteiger partial charge in [0.25, 0.3) is 0 Å². The fourth-order valence-electron chi connectivity index (χ4n) is 1.60. The summed E-state index contributed by atoms with van der Waals surface area (Å²) in [5.41, 5.74) is 0.479. The lowest BCUT2D eigenvalue weighted by atomic mass is 9.84. The first-order chi connectivity index (χ1) is 6.64. The molecular weight excluding hydrogens is 258 g/mol. The topological polar surface area (TPSA) is 3.24 Å². The average molecular weight is 282 g/mol. The van der Waals surface area contributed by atoms with Gasteiger partial charge in [0.15, 0.2) is 0 Å². The summed E-state index contributed by atoms with van der Waals surface area (Å²) in [5.74, 6) is 1.24. The van der Waals surface area contributed by atoms with E-state index in [1.54, 1.807) is 0 Å². The monoisotopic (exact) mass is 281 g/mol. The number of thioether (sulfide) groups is 1. The van der Waals surface area contributed by atoms with E-state index in [2.05, 4.69) is 48.0 Å². The molecule has 0 N–H and O–H groups in total. The zero-order valence-electron chi connectivity index (χ0n) is 9.98. The molecule has 0 aromatic rings. The summed E-state index contributed by atoms with van der Waals surface area (Å²) in [5, 5.41) is 1.12. The van der Waals surface area contributed by atoms with E-state index in [0.717, 1.165) is 5.33 Å². The summed E-state index contributed by atoms with van der Waals surface area (Å²) >= 11 is 5.58. The molecule has 0 aliphatic heterocycles. The summed E-state index contributed by atoms with van der Waals surface area (Å²) < 4.78 is 0. The zero-order chi connectivity index (χ0) is 11.0. The Morgan fingerprint density at radius 1 is 1.29 bits per heavy atom. The van der Waals surface area contributed by atoms with Crippen molar-refractivity contribution in [3.8, 4) is 0 Å². The van der Waals surface area contributed by atoms with Crippen molar-refractivity contribution < 1.29 is 0 Å². The molecule has 0 aromatic carbocycles. The van der Waals surface area contributed by atoms with Crippen molar-refractivity contribution in [3.05, 3.63) is 0 Å². The van der Waals surface area contributed by atoms with Crippen LogP contribution in [0.2, 0.25) is 0 Å². The SMILES string of the molecule is CCC(CC)(CBr)CN(C)CCSC. The Bertz CT molecular complexity index is 129. The van der Waals surface area contributed by atoms with Gasteiger partial charge in [-0.1, -0.05) is 29.8 Å². The van der Waals surface area contributed by atoms with Crippen molar-refractivity contribution in [1.29, 1.82) is 0 Å². The van der Waals surface area contributed by atoms with Crippen LogP contribution in [-0.2, 0) is 0 Å². The van der Waals surface area contributed by atoms with Gasteiger partial charge in [-0.3, -0.25) is 0 Å². The first-order valence-electron chi connectivity index (χ1n) is 5.37. The number of nitrogens with zero attached hydrogens (tertiary/aromatic N) is 1. The van der Waals surface area contributed by atoms with Crippen LogP contribution in [0, 0.1) is 5.41 Å². The third-order valence-electron chi connectivity index (χ3n) is 3.07. The maximum atomic E-state index is 3.66. The van der Waals surface area contributed by atoms with Crippen LogP contribution in [0.5, 0.6) is 0 Å². The minimum absolute atomic E-state index is 0.479. The van der Waals surface area contributed by atoms with Crippen LogP contribution >= 0.6 is 27.7 Å². The molecule has 0 aliphatic carbocycles. The van der Waals surface area contributed by atoms with Crippen LogP contribution in [0.4, 0.5) is 0 Å². The molecule has 0 atom stereocenters. The Morgan fingerprint density at radius 3 is 2.21 bits per heavy atom. The lowest BCUT2D eigenvalue weighted by molar-refractivity contribution is 0.192. The van der Waals surface area contributed by atoms with Crippen molar-refractivity contribution in [3.63, 3.8) is 0 Å². The molecule has 0 unspecified atom stereocenters. The maximum absolute atomic E-state index is 3.66. The van der Waals surface area contributed by atoms with Crippen molar-refractivity contribution in [2.75, 3.05) is 37.5 Å². The molecular formula is C11H24BrNS. The molecule has 1 nitrogen and oxygen atoms in total. The number of halogens is 1. The summed E-state index contributed by atoms with van der Waals surface area (Å²) in [6.07, 6.45) is 4.70. The first kappa shape index (κ1) is 14.8. The molecule has 0 amide bonds. The van der Waals surface area contributed by atoms with Gasteiger partial charge in [0.1, 0.15) is 0 Å². The van der Waals surface area contributed by atoms with Crippen LogP contribution in [0.3, 0.4) is 0 Å². The minimum atomic E-state index is 0.479. The Labute approximate surface area is 102 Å². The second-order valence-electron chi connectivity index (χ2n) is 4.07. The van der Waals surface area contributed by atoms with E-state index in [9.17, 15) is 0 Å². The molecule has 3 heteroatoms. The smallest absolute Gasteiger partial charge is 0.01000 e. The fraction of sp³-hybridized carbons (Fsp3) is 1.00. The highest BCUT2D eigenvalue weighted by Crippen LogP contribution is 2.29. The Morgan fingerprint density at radius 2 is 1.86 bits per heavy atom. The van der Waals surface area contributed by atoms with Crippen LogP contribution in [0.15, 0.2) is 0 Å². The van der Waals surface area contributed by atoms with Gasteiger partial charge in [-0.15, -0.1) is 0 Å². The van der Waals surface area contributed by atoms with Gasteiger partial charge >= 0.3 is 0 Å². The molecule has 0 bridgehead atoms. The highest BCUT2D eigenvalue weighted by Gasteiger charge is 2.25. The Kier molecular flexibility index (Phi) is 8.45. The molecule has 0 aliphatic rings. The van der Waals surface area contributed by atoms with Crippen LogP contribution in [0.25, 0.3) is 0 Å². The Balaban J connectivity index is 4.01. The normalized spacial score (nSPS) is 12.4. The maximum Gasteiger partial charge on any atom is 0.01000 e. The van der Waals surface area contributed by atoms with Crippen LogP contribution in [0.1, 0.15) is 26.7 Å². The third kappa shape index (κ3) is 5.04. The highest BCUT2D eigenvalue weighted by molar-refractivity contribution is 9.09.